The molecule has 0 spiro atoms. The third-order valence-electron chi connectivity index (χ3n) is 3.41. The van der Waals surface area contributed by atoms with E-state index in [0.29, 0.717) is 5.02 Å². The second-order valence-electron chi connectivity index (χ2n) is 4.71. The van der Waals surface area contributed by atoms with Gasteiger partial charge in [0.1, 0.15) is 0 Å². The minimum Gasteiger partial charge on any atom is -0.113 e. The van der Waals surface area contributed by atoms with E-state index in [0.717, 1.165) is 31.4 Å². The fraction of sp³-hybridized carbons (Fsp3) is 0.0588. The Labute approximate surface area is 146 Å². The number of rotatable bonds is 2. The zero-order valence-electron chi connectivity index (χ0n) is 10.8. The first-order chi connectivity index (χ1) is 10.1. The van der Waals surface area contributed by atoms with Crippen LogP contribution in [0.5, 0.6) is 0 Å². The molecule has 3 rings (SSSR count). The van der Waals surface area contributed by atoms with Crippen LogP contribution in [0.2, 0.25) is 10.0 Å². The van der Waals surface area contributed by atoms with Crippen molar-refractivity contribution in [2.45, 2.75) is 5.38 Å². The average molecular weight is 401 g/mol. The van der Waals surface area contributed by atoms with Gasteiger partial charge in [-0.05, 0) is 34.7 Å². The zero-order valence-corrected chi connectivity index (χ0v) is 14.6. The van der Waals surface area contributed by atoms with Crippen molar-refractivity contribution in [2.24, 2.45) is 0 Å². The fourth-order valence-corrected chi connectivity index (χ4v) is 3.83. The van der Waals surface area contributed by atoms with E-state index >= 15 is 0 Å². The molecule has 0 aromatic heterocycles. The molecule has 0 radical (unpaired) electrons. The molecule has 21 heavy (non-hydrogen) atoms. The lowest BCUT2D eigenvalue weighted by molar-refractivity contribution is 1.16. The molecule has 0 saturated heterocycles. The Kier molecular flexibility index (Phi) is 4.46. The normalized spacial score (nSPS) is 12.6. The lowest BCUT2D eigenvalue weighted by Crippen LogP contribution is -1.96. The van der Waals surface area contributed by atoms with E-state index in [2.05, 4.69) is 15.9 Å². The van der Waals surface area contributed by atoms with Crippen LogP contribution in [-0.2, 0) is 0 Å². The van der Waals surface area contributed by atoms with Gasteiger partial charge in [0.25, 0.3) is 0 Å². The Balaban J connectivity index is 2.18. The number of hydrogen-bond donors (Lipinski definition) is 0. The standard InChI is InChI=1S/C17H10BrCl3/c18-10-5-6-14(16(20)9-10)17(21)13-7-8-15(19)12-4-2-1-3-11(12)13/h1-9,17H. The molecule has 0 heterocycles. The van der Waals surface area contributed by atoms with Crippen molar-refractivity contribution in [1.82, 2.24) is 0 Å². The van der Waals surface area contributed by atoms with Crippen molar-refractivity contribution in [2.75, 3.05) is 0 Å². The van der Waals surface area contributed by atoms with Gasteiger partial charge in [-0.15, -0.1) is 11.6 Å². The van der Waals surface area contributed by atoms with E-state index in [9.17, 15) is 0 Å². The van der Waals surface area contributed by atoms with Crippen molar-refractivity contribution in [3.63, 3.8) is 0 Å². The second-order valence-corrected chi connectivity index (χ2v) is 6.88. The van der Waals surface area contributed by atoms with Gasteiger partial charge in [0.15, 0.2) is 0 Å². The minimum atomic E-state index is -0.326. The smallest absolute Gasteiger partial charge is 0.0855 e. The largest absolute Gasteiger partial charge is 0.113 e. The lowest BCUT2D eigenvalue weighted by atomic mass is 9.98. The highest BCUT2D eigenvalue weighted by molar-refractivity contribution is 9.10. The molecular weight excluding hydrogens is 390 g/mol. The summed E-state index contributed by atoms with van der Waals surface area (Å²) in [7, 11) is 0. The van der Waals surface area contributed by atoms with Gasteiger partial charge >= 0.3 is 0 Å². The highest BCUT2D eigenvalue weighted by Gasteiger charge is 2.17. The molecule has 0 fully saturated rings. The van der Waals surface area contributed by atoms with E-state index < -0.39 is 0 Å². The molecule has 0 bridgehead atoms. The molecular formula is C17H10BrCl3. The molecule has 0 saturated carbocycles. The molecule has 4 heteroatoms. The Morgan fingerprint density at radius 3 is 2.14 bits per heavy atom. The summed E-state index contributed by atoms with van der Waals surface area (Å²) in [5.41, 5.74) is 1.88. The zero-order chi connectivity index (χ0) is 15.0. The van der Waals surface area contributed by atoms with Gasteiger partial charge in [-0.25, -0.2) is 0 Å². The molecule has 0 N–H and O–H groups in total. The van der Waals surface area contributed by atoms with E-state index in [1.165, 1.54) is 0 Å². The van der Waals surface area contributed by atoms with Crippen LogP contribution in [0.25, 0.3) is 10.8 Å². The van der Waals surface area contributed by atoms with Gasteiger partial charge in [-0.3, -0.25) is 0 Å². The summed E-state index contributed by atoms with van der Waals surface area (Å²) >= 11 is 22.7. The van der Waals surface area contributed by atoms with Crippen molar-refractivity contribution in [1.29, 1.82) is 0 Å². The maximum absolute atomic E-state index is 6.68. The Bertz CT molecular complexity index is 814. The van der Waals surface area contributed by atoms with E-state index in [-0.39, 0.29) is 5.38 Å². The summed E-state index contributed by atoms with van der Waals surface area (Å²) in [5.74, 6) is 0. The number of fused-ring (bicyclic) bond motifs is 1. The molecule has 0 amide bonds. The molecule has 0 nitrogen and oxygen atoms in total. The van der Waals surface area contributed by atoms with Crippen LogP contribution in [0.3, 0.4) is 0 Å². The SMILES string of the molecule is Clc1cc(Br)ccc1C(Cl)c1ccc(Cl)c2ccccc12. The number of halogens is 4. The van der Waals surface area contributed by atoms with Crippen LogP contribution < -0.4 is 0 Å². The van der Waals surface area contributed by atoms with E-state index in [4.69, 9.17) is 34.8 Å². The monoisotopic (exact) mass is 398 g/mol. The lowest BCUT2D eigenvalue weighted by Gasteiger charge is -2.15. The van der Waals surface area contributed by atoms with Gasteiger partial charge in [-0.2, -0.15) is 0 Å². The summed E-state index contributed by atoms with van der Waals surface area (Å²) in [6.07, 6.45) is 0. The Morgan fingerprint density at radius 2 is 1.43 bits per heavy atom. The van der Waals surface area contributed by atoms with Crippen LogP contribution in [-0.4, -0.2) is 0 Å². The molecule has 0 aliphatic rings. The van der Waals surface area contributed by atoms with E-state index in [1.807, 2.05) is 54.6 Å². The van der Waals surface area contributed by atoms with Gasteiger partial charge in [0.05, 0.1) is 5.38 Å². The fourth-order valence-electron chi connectivity index (χ4n) is 2.38. The molecule has 3 aromatic rings. The predicted octanol–water partition coefficient (Wildman–Crippen LogP) is 7.24. The number of benzene rings is 3. The Morgan fingerprint density at radius 1 is 0.762 bits per heavy atom. The third-order valence-corrected chi connectivity index (χ3v) is 5.03. The molecule has 0 aliphatic carbocycles. The van der Waals surface area contributed by atoms with Gasteiger partial charge in [0, 0.05) is 19.9 Å². The average Bonchev–Trinajstić information content (AvgIpc) is 2.47. The van der Waals surface area contributed by atoms with Gasteiger partial charge < -0.3 is 0 Å². The second kappa shape index (κ2) is 6.18. The molecule has 3 aromatic carbocycles. The van der Waals surface area contributed by atoms with Crippen LogP contribution >= 0.6 is 50.7 Å². The summed E-state index contributed by atoms with van der Waals surface area (Å²) in [6.45, 7) is 0. The quantitative estimate of drug-likeness (QED) is 0.398. The van der Waals surface area contributed by atoms with Crippen molar-refractivity contribution < 1.29 is 0 Å². The molecule has 1 unspecified atom stereocenters. The van der Waals surface area contributed by atoms with Gasteiger partial charge in [-0.1, -0.05) is 75.5 Å². The summed E-state index contributed by atoms with van der Waals surface area (Å²) in [5, 5.41) is 3.08. The Hall–Kier alpha value is -0.730. The molecule has 106 valence electrons. The van der Waals surface area contributed by atoms with Crippen LogP contribution in [0.15, 0.2) is 59.1 Å². The highest BCUT2D eigenvalue weighted by atomic mass is 79.9. The first-order valence-electron chi connectivity index (χ1n) is 6.34. The van der Waals surface area contributed by atoms with Crippen molar-refractivity contribution in [3.8, 4) is 0 Å². The summed E-state index contributed by atoms with van der Waals surface area (Å²) in [4.78, 5) is 0. The van der Waals surface area contributed by atoms with E-state index in [1.54, 1.807) is 0 Å². The maximum atomic E-state index is 6.68. The first kappa shape index (κ1) is 15.2. The molecule has 0 aliphatic heterocycles. The van der Waals surface area contributed by atoms with Crippen molar-refractivity contribution >= 4 is 61.5 Å². The van der Waals surface area contributed by atoms with Crippen LogP contribution in [0.4, 0.5) is 0 Å². The summed E-state index contributed by atoms with van der Waals surface area (Å²) < 4.78 is 0.932. The maximum Gasteiger partial charge on any atom is 0.0855 e. The van der Waals surface area contributed by atoms with Gasteiger partial charge in [0.2, 0.25) is 0 Å². The van der Waals surface area contributed by atoms with Crippen molar-refractivity contribution in [3.05, 3.63) is 80.2 Å². The topological polar surface area (TPSA) is 0 Å². The number of hydrogen-bond acceptors (Lipinski definition) is 0. The number of alkyl halides is 1. The first-order valence-corrected chi connectivity index (χ1v) is 8.32. The van der Waals surface area contributed by atoms with Crippen LogP contribution in [0, 0.1) is 0 Å². The predicted molar refractivity (Wildman–Crippen MR) is 95.8 cm³/mol. The third kappa shape index (κ3) is 2.93. The summed E-state index contributed by atoms with van der Waals surface area (Å²) in [6, 6.07) is 17.5. The van der Waals surface area contributed by atoms with Crippen LogP contribution in [0.1, 0.15) is 16.5 Å². The molecule has 1 atom stereocenters. The highest BCUT2D eigenvalue weighted by Crippen LogP contribution is 2.39. The minimum absolute atomic E-state index is 0.326.